The molecule has 0 spiro atoms. The maximum Gasteiger partial charge on any atom is 0.188 e. The van der Waals surface area contributed by atoms with Gasteiger partial charge >= 0.3 is 0 Å². The molecule has 2 aromatic carbocycles. The van der Waals surface area contributed by atoms with Gasteiger partial charge in [0.1, 0.15) is 17.3 Å². The predicted molar refractivity (Wildman–Crippen MR) is 113 cm³/mol. The average molecular weight is 378 g/mol. The highest BCUT2D eigenvalue weighted by molar-refractivity contribution is 7.14. The lowest BCUT2D eigenvalue weighted by molar-refractivity contribution is 0.480. The van der Waals surface area contributed by atoms with Gasteiger partial charge in [-0.25, -0.2) is 4.98 Å². The molecule has 0 bridgehead atoms. The summed E-state index contributed by atoms with van der Waals surface area (Å²) in [6.45, 7) is 5.07. The van der Waals surface area contributed by atoms with Crippen molar-refractivity contribution in [3.63, 3.8) is 0 Å². The van der Waals surface area contributed by atoms with Crippen LogP contribution in [0.1, 0.15) is 30.4 Å². The highest BCUT2D eigenvalue weighted by atomic mass is 32.1. The lowest BCUT2D eigenvalue weighted by Crippen LogP contribution is -2.15. The Bertz CT molecular complexity index is 977. The van der Waals surface area contributed by atoms with Gasteiger partial charge in [0.25, 0.3) is 0 Å². The first-order valence-electron chi connectivity index (χ1n) is 9.29. The van der Waals surface area contributed by atoms with Crippen molar-refractivity contribution in [2.45, 2.75) is 33.1 Å². The maximum atomic E-state index is 6.23. The van der Waals surface area contributed by atoms with E-state index < -0.39 is 0 Å². The van der Waals surface area contributed by atoms with Crippen LogP contribution in [-0.2, 0) is 0 Å². The van der Waals surface area contributed by atoms with Gasteiger partial charge in [-0.3, -0.25) is 4.99 Å². The molecule has 1 aromatic heterocycles. The second-order valence-electron chi connectivity index (χ2n) is 6.82. The molecule has 0 saturated carbocycles. The van der Waals surface area contributed by atoms with Gasteiger partial charge < -0.3 is 10.1 Å². The highest BCUT2D eigenvalue weighted by Gasteiger charge is 2.13. The monoisotopic (exact) mass is 377 g/mol. The maximum absolute atomic E-state index is 6.23. The fraction of sp³-hybridized carbons (Fsp3) is 0.273. The lowest BCUT2D eigenvalue weighted by atomic mass is 10.1. The van der Waals surface area contributed by atoms with E-state index in [0.717, 1.165) is 52.3 Å². The number of rotatable bonds is 4. The minimum Gasteiger partial charge on any atom is -0.456 e. The fourth-order valence-corrected chi connectivity index (χ4v) is 3.91. The van der Waals surface area contributed by atoms with Crippen LogP contribution in [0.3, 0.4) is 0 Å². The Hall–Kier alpha value is -2.66. The summed E-state index contributed by atoms with van der Waals surface area (Å²) in [6, 6.07) is 14.3. The van der Waals surface area contributed by atoms with Crippen LogP contribution >= 0.6 is 11.3 Å². The molecule has 0 radical (unpaired) electrons. The van der Waals surface area contributed by atoms with Gasteiger partial charge in [-0.2, -0.15) is 0 Å². The summed E-state index contributed by atoms with van der Waals surface area (Å²) in [6.07, 6.45) is 3.37. The zero-order valence-electron chi connectivity index (χ0n) is 15.7. The molecule has 0 fully saturated rings. The summed E-state index contributed by atoms with van der Waals surface area (Å²) in [5.74, 6) is 2.73. The molecule has 3 aromatic rings. The number of hydrogen-bond donors (Lipinski definition) is 1. The van der Waals surface area contributed by atoms with E-state index in [4.69, 9.17) is 9.72 Å². The number of nitrogens with one attached hydrogen (secondary N) is 1. The molecule has 4 nitrogen and oxygen atoms in total. The SMILES string of the molecule is Cc1ccc(Oc2ccccc2-c2csc(NC3=NCCCC3)n2)c(C)c1. The van der Waals surface area contributed by atoms with Crippen molar-refractivity contribution in [1.29, 1.82) is 0 Å². The summed E-state index contributed by atoms with van der Waals surface area (Å²) in [5.41, 5.74) is 4.27. The second-order valence-corrected chi connectivity index (χ2v) is 7.67. The van der Waals surface area contributed by atoms with E-state index in [2.05, 4.69) is 47.7 Å². The highest BCUT2D eigenvalue weighted by Crippen LogP contribution is 2.36. The Morgan fingerprint density at radius 1 is 1.04 bits per heavy atom. The Labute approximate surface area is 164 Å². The molecule has 4 rings (SSSR count). The van der Waals surface area contributed by atoms with Gasteiger partial charge in [-0.1, -0.05) is 29.8 Å². The number of amidine groups is 1. The molecular weight excluding hydrogens is 354 g/mol. The van der Waals surface area contributed by atoms with Crippen LogP contribution < -0.4 is 10.1 Å². The first kappa shape index (κ1) is 17.7. The van der Waals surface area contributed by atoms with Crippen LogP contribution in [0.4, 0.5) is 5.13 Å². The summed E-state index contributed by atoms with van der Waals surface area (Å²) in [5, 5.41) is 6.32. The van der Waals surface area contributed by atoms with Crippen LogP contribution in [0.5, 0.6) is 11.5 Å². The molecule has 1 N–H and O–H groups in total. The van der Waals surface area contributed by atoms with Crippen molar-refractivity contribution in [2.75, 3.05) is 11.9 Å². The molecule has 5 heteroatoms. The smallest absolute Gasteiger partial charge is 0.188 e. The first-order chi connectivity index (χ1) is 13.2. The van der Waals surface area contributed by atoms with Gasteiger partial charge in [0.15, 0.2) is 5.13 Å². The number of nitrogens with zero attached hydrogens (tertiary/aromatic N) is 2. The van der Waals surface area contributed by atoms with E-state index in [1.807, 2.05) is 24.3 Å². The van der Waals surface area contributed by atoms with Crippen LogP contribution in [0, 0.1) is 13.8 Å². The number of aromatic nitrogens is 1. The molecule has 0 unspecified atom stereocenters. The third-order valence-electron chi connectivity index (χ3n) is 4.59. The number of anilines is 1. The number of hydrogen-bond acceptors (Lipinski definition) is 5. The van der Waals surface area contributed by atoms with Crippen molar-refractivity contribution >= 4 is 22.3 Å². The Kier molecular flexibility index (Phi) is 5.21. The number of aryl methyl sites for hydroxylation is 2. The predicted octanol–water partition coefficient (Wildman–Crippen LogP) is 6.21. The van der Waals surface area contributed by atoms with E-state index >= 15 is 0 Å². The molecular formula is C22H23N3OS. The largest absolute Gasteiger partial charge is 0.456 e. The van der Waals surface area contributed by atoms with Crippen molar-refractivity contribution < 1.29 is 4.74 Å². The minimum atomic E-state index is 0.816. The number of para-hydroxylation sites is 1. The number of benzene rings is 2. The topological polar surface area (TPSA) is 46.5 Å². The standard InChI is InChI=1S/C22H23N3OS/c1-15-10-11-19(16(2)13-15)26-20-8-4-3-7-17(20)18-14-27-22(24-18)25-21-9-5-6-12-23-21/h3-4,7-8,10-11,13-14H,5-6,9,12H2,1-2H3,(H,23,24,25). The number of ether oxygens (including phenoxy) is 1. The van der Waals surface area contributed by atoms with Crippen molar-refractivity contribution in [3.8, 4) is 22.8 Å². The summed E-state index contributed by atoms with van der Waals surface area (Å²) in [4.78, 5) is 9.30. The molecule has 0 saturated heterocycles. The zero-order valence-corrected chi connectivity index (χ0v) is 16.5. The molecule has 27 heavy (non-hydrogen) atoms. The second kappa shape index (κ2) is 7.92. The van der Waals surface area contributed by atoms with E-state index in [1.165, 1.54) is 18.4 Å². The minimum absolute atomic E-state index is 0.816. The molecule has 0 aliphatic carbocycles. The van der Waals surface area contributed by atoms with E-state index in [-0.39, 0.29) is 0 Å². The third kappa shape index (κ3) is 4.19. The first-order valence-corrected chi connectivity index (χ1v) is 10.2. The molecule has 138 valence electrons. The van der Waals surface area contributed by atoms with Gasteiger partial charge in [0.2, 0.25) is 0 Å². The molecule has 0 amide bonds. The van der Waals surface area contributed by atoms with E-state index in [9.17, 15) is 0 Å². The Morgan fingerprint density at radius 3 is 2.74 bits per heavy atom. The van der Waals surface area contributed by atoms with Gasteiger partial charge in [0, 0.05) is 23.9 Å². The third-order valence-corrected chi connectivity index (χ3v) is 5.35. The average Bonchev–Trinajstić information content (AvgIpc) is 3.13. The summed E-state index contributed by atoms with van der Waals surface area (Å²) < 4.78 is 6.23. The van der Waals surface area contributed by atoms with Crippen molar-refractivity contribution in [1.82, 2.24) is 4.98 Å². The molecule has 1 aliphatic heterocycles. The zero-order chi connectivity index (χ0) is 18.6. The van der Waals surface area contributed by atoms with Gasteiger partial charge in [-0.05, 0) is 50.5 Å². The van der Waals surface area contributed by atoms with E-state index in [0.29, 0.717) is 0 Å². The number of aliphatic imine (C=N–C) groups is 1. The summed E-state index contributed by atoms with van der Waals surface area (Å²) >= 11 is 1.60. The molecule has 1 aliphatic rings. The summed E-state index contributed by atoms with van der Waals surface area (Å²) in [7, 11) is 0. The fourth-order valence-electron chi connectivity index (χ4n) is 3.18. The van der Waals surface area contributed by atoms with Gasteiger partial charge in [-0.15, -0.1) is 11.3 Å². The van der Waals surface area contributed by atoms with Crippen LogP contribution in [0.15, 0.2) is 52.8 Å². The van der Waals surface area contributed by atoms with Crippen LogP contribution in [0.25, 0.3) is 11.3 Å². The normalized spacial score (nSPS) is 13.9. The van der Waals surface area contributed by atoms with Crippen molar-refractivity contribution in [2.24, 2.45) is 4.99 Å². The Balaban J connectivity index is 1.58. The van der Waals surface area contributed by atoms with Gasteiger partial charge in [0.05, 0.1) is 5.69 Å². The van der Waals surface area contributed by atoms with Crippen molar-refractivity contribution in [3.05, 3.63) is 59.0 Å². The quantitative estimate of drug-likeness (QED) is 0.587. The number of thiazole rings is 1. The molecule has 0 atom stereocenters. The lowest BCUT2D eigenvalue weighted by Gasteiger charge is -2.13. The van der Waals surface area contributed by atoms with Crippen LogP contribution in [0.2, 0.25) is 0 Å². The van der Waals surface area contributed by atoms with Crippen LogP contribution in [-0.4, -0.2) is 17.4 Å². The van der Waals surface area contributed by atoms with E-state index in [1.54, 1.807) is 11.3 Å². The molecule has 2 heterocycles. The Morgan fingerprint density at radius 2 is 1.93 bits per heavy atom.